The van der Waals surface area contributed by atoms with E-state index in [1.807, 2.05) is 0 Å². The Morgan fingerprint density at radius 2 is 2.17 bits per heavy atom. The molecule has 0 spiro atoms. The first kappa shape index (κ1) is 22.0. The van der Waals surface area contributed by atoms with Crippen molar-refractivity contribution in [3.05, 3.63) is 24.2 Å². The molecule has 6 N–H and O–H groups in total. The summed E-state index contributed by atoms with van der Waals surface area (Å²) in [6, 6.07) is 3.24. The molecule has 0 bridgehead atoms. The van der Waals surface area contributed by atoms with Gasteiger partial charge in [0.2, 0.25) is 0 Å². The molecule has 1 aliphatic rings. The zero-order valence-electron chi connectivity index (χ0n) is 15.0. The van der Waals surface area contributed by atoms with Crippen LogP contribution in [-0.4, -0.2) is 66.5 Å². The van der Waals surface area contributed by atoms with Crippen LogP contribution in [-0.2, 0) is 28.3 Å². The van der Waals surface area contributed by atoms with E-state index in [1.165, 1.54) is 24.1 Å². The first-order valence-electron chi connectivity index (χ1n) is 8.09. The molecule has 0 aliphatic carbocycles. The van der Waals surface area contributed by atoms with Crippen molar-refractivity contribution >= 4 is 33.2 Å². The van der Waals surface area contributed by atoms with Crippen molar-refractivity contribution < 1.29 is 42.5 Å². The van der Waals surface area contributed by atoms with Crippen molar-refractivity contribution in [3.63, 3.8) is 0 Å². The molecule has 1 saturated heterocycles. The molecule has 0 saturated carbocycles. The number of anilines is 1. The normalized spacial score (nSPS) is 27.6. The monoisotopic (exact) mass is 451 g/mol. The van der Waals surface area contributed by atoms with Gasteiger partial charge in [-0.25, -0.2) is 18.6 Å². The number of aliphatic imine (C=N–C) groups is 1. The Morgan fingerprint density at radius 3 is 2.83 bits per heavy atom. The predicted octanol–water partition coefficient (Wildman–Crippen LogP) is -0.417. The highest BCUT2D eigenvalue weighted by Gasteiger charge is 2.51. The average Bonchev–Trinajstić information content (AvgIpc) is 3.15. The summed E-state index contributed by atoms with van der Waals surface area (Å²) in [6.45, 7) is -0.593. The summed E-state index contributed by atoms with van der Waals surface area (Å²) >= 11 is 0. The third-order valence-electron chi connectivity index (χ3n) is 4.18. The molecule has 1 fully saturated rings. The molecule has 160 valence electrons. The molecule has 3 heterocycles. The fourth-order valence-electron chi connectivity index (χ4n) is 3.12. The van der Waals surface area contributed by atoms with E-state index < -0.39 is 40.1 Å². The van der Waals surface area contributed by atoms with E-state index in [-0.39, 0.29) is 12.2 Å². The molecular formula is C13H19N5O9P2. The van der Waals surface area contributed by atoms with Gasteiger partial charge in [0.1, 0.15) is 11.8 Å². The fourth-order valence-corrected chi connectivity index (χ4v) is 4.74. The summed E-state index contributed by atoms with van der Waals surface area (Å²) < 4.78 is 38.0. The maximum atomic E-state index is 11.6. The highest BCUT2D eigenvalue weighted by molar-refractivity contribution is 7.60. The number of hydrogen-bond acceptors (Lipinski definition) is 10. The lowest BCUT2D eigenvalue weighted by atomic mass is 9.94. The summed E-state index contributed by atoms with van der Waals surface area (Å²) in [5, 5.41) is 14.8. The summed E-state index contributed by atoms with van der Waals surface area (Å²) in [5.74, 6) is 0.206. The lowest BCUT2D eigenvalue weighted by Gasteiger charge is -2.28. The first-order chi connectivity index (χ1) is 13.5. The maximum Gasteiger partial charge on any atom is 0.481 e. The number of nitrogens with two attached hydrogens (primary N) is 1. The van der Waals surface area contributed by atoms with Crippen molar-refractivity contribution in [2.75, 3.05) is 19.4 Å². The van der Waals surface area contributed by atoms with Crippen molar-refractivity contribution in [3.8, 4) is 0 Å². The van der Waals surface area contributed by atoms with Crippen LogP contribution in [0.2, 0.25) is 0 Å². The fraction of sp³-hybridized carbons (Fsp3) is 0.462. The molecule has 3 rings (SSSR count). The highest BCUT2D eigenvalue weighted by Crippen LogP contribution is 2.57. The SMILES string of the molecule is C/N=C\[C@@]1(c2ccc3c(N)ncnn23)O[C@H](COP(=O)(O)OP(=O)(O)O)C[C@H]1O. The second kappa shape index (κ2) is 7.84. The predicted molar refractivity (Wildman–Crippen MR) is 97.9 cm³/mol. The molecule has 14 nitrogen and oxygen atoms in total. The number of aliphatic hydroxyl groups excluding tert-OH is 1. The maximum absolute atomic E-state index is 11.6. The number of hydrogen-bond donors (Lipinski definition) is 5. The largest absolute Gasteiger partial charge is 0.481 e. The second-order valence-corrected chi connectivity index (χ2v) is 9.00. The van der Waals surface area contributed by atoms with Gasteiger partial charge in [-0.05, 0) is 12.1 Å². The number of nitrogens with zero attached hydrogens (tertiary/aromatic N) is 4. The lowest BCUT2D eigenvalue weighted by Crippen LogP contribution is -2.40. The minimum absolute atomic E-state index is 0.0459. The summed E-state index contributed by atoms with van der Waals surface area (Å²) in [7, 11) is -8.83. The molecule has 4 atom stereocenters. The Hall–Kier alpha value is -1.73. The van der Waals surface area contributed by atoms with Crippen LogP contribution >= 0.6 is 15.6 Å². The molecule has 2 aromatic rings. The van der Waals surface area contributed by atoms with Gasteiger partial charge in [0, 0.05) is 19.7 Å². The average molecular weight is 451 g/mol. The molecule has 2 aromatic heterocycles. The molecule has 1 aliphatic heterocycles. The van der Waals surface area contributed by atoms with E-state index in [2.05, 4.69) is 23.9 Å². The van der Waals surface area contributed by atoms with Gasteiger partial charge in [-0.3, -0.25) is 9.52 Å². The van der Waals surface area contributed by atoms with Gasteiger partial charge in [0.25, 0.3) is 0 Å². The van der Waals surface area contributed by atoms with Gasteiger partial charge in [0.05, 0.1) is 24.5 Å². The van der Waals surface area contributed by atoms with E-state index in [1.54, 1.807) is 12.1 Å². The van der Waals surface area contributed by atoms with Gasteiger partial charge in [0.15, 0.2) is 11.4 Å². The van der Waals surface area contributed by atoms with Crippen LogP contribution in [0, 0.1) is 0 Å². The van der Waals surface area contributed by atoms with Crippen LogP contribution < -0.4 is 5.73 Å². The Bertz CT molecular complexity index is 1020. The van der Waals surface area contributed by atoms with E-state index in [0.717, 1.165) is 0 Å². The number of nitrogen functional groups attached to an aromatic ring is 1. The molecule has 29 heavy (non-hydrogen) atoms. The standard InChI is InChI=1S/C13H19N5O9P2/c1-15-6-13(10-3-2-9-12(14)16-7-17-18(9)10)11(19)4-8(26-13)5-25-29(23,24)27-28(20,21)22/h2-3,6-8,11,19H,4-5H2,1H3,(H,23,24)(H2,14,16,17)(H2,20,21,22)/b15-6-/t8-,11+,13-/m0/s1. The highest BCUT2D eigenvalue weighted by atomic mass is 31.3. The quantitative estimate of drug-likeness (QED) is 0.268. The van der Waals surface area contributed by atoms with Crippen LogP contribution in [0.25, 0.3) is 5.52 Å². The minimum atomic E-state index is -5.25. The van der Waals surface area contributed by atoms with Crippen LogP contribution in [0.3, 0.4) is 0 Å². The third-order valence-corrected chi connectivity index (χ3v) is 6.33. The van der Waals surface area contributed by atoms with E-state index in [9.17, 15) is 19.1 Å². The topological polar surface area (TPSA) is 211 Å². The van der Waals surface area contributed by atoms with E-state index in [0.29, 0.717) is 11.2 Å². The molecule has 16 heteroatoms. The Balaban J connectivity index is 1.86. The number of fused-ring (bicyclic) bond motifs is 1. The molecule has 0 radical (unpaired) electrons. The van der Waals surface area contributed by atoms with Crippen molar-refractivity contribution in [1.29, 1.82) is 0 Å². The van der Waals surface area contributed by atoms with E-state index in [4.69, 9.17) is 20.3 Å². The first-order valence-corrected chi connectivity index (χ1v) is 11.1. The van der Waals surface area contributed by atoms with Gasteiger partial charge in [-0.15, -0.1) is 0 Å². The summed E-state index contributed by atoms with van der Waals surface area (Å²) in [6.07, 6.45) is 0.438. The van der Waals surface area contributed by atoms with E-state index >= 15 is 0 Å². The smallest absolute Gasteiger partial charge is 0.389 e. The summed E-state index contributed by atoms with van der Waals surface area (Å²) in [4.78, 5) is 34.5. The third kappa shape index (κ3) is 4.56. The molecular weight excluding hydrogens is 432 g/mol. The zero-order valence-corrected chi connectivity index (χ0v) is 16.8. The number of rotatable bonds is 7. The van der Waals surface area contributed by atoms with Crippen LogP contribution in [0.5, 0.6) is 0 Å². The van der Waals surface area contributed by atoms with Crippen LogP contribution in [0.1, 0.15) is 12.1 Å². The lowest BCUT2D eigenvalue weighted by molar-refractivity contribution is -0.0508. The molecule has 0 aromatic carbocycles. The number of phosphoric acid groups is 2. The Labute approximate surface area is 163 Å². The Morgan fingerprint density at radius 1 is 1.45 bits per heavy atom. The number of ether oxygens (including phenoxy) is 1. The minimum Gasteiger partial charge on any atom is -0.389 e. The van der Waals surface area contributed by atoms with Crippen molar-refractivity contribution in [2.24, 2.45) is 4.99 Å². The molecule has 0 amide bonds. The second-order valence-electron chi connectivity index (χ2n) is 6.17. The van der Waals surface area contributed by atoms with Gasteiger partial charge in [-0.2, -0.15) is 9.41 Å². The van der Waals surface area contributed by atoms with Crippen molar-refractivity contribution in [1.82, 2.24) is 14.6 Å². The van der Waals surface area contributed by atoms with Gasteiger partial charge >= 0.3 is 15.6 Å². The zero-order chi connectivity index (χ0) is 21.4. The molecule has 1 unspecified atom stereocenters. The van der Waals surface area contributed by atoms with Crippen molar-refractivity contribution in [2.45, 2.75) is 24.2 Å². The van der Waals surface area contributed by atoms with Crippen LogP contribution in [0.4, 0.5) is 5.82 Å². The summed E-state index contributed by atoms with van der Waals surface area (Å²) in [5.41, 5.74) is 5.19. The Kier molecular flexibility index (Phi) is 5.94. The van der Waals surface area contributed by atoms with Gasteiger partial charge < -0.3 is 30.3 Å². The van der Waals surface area contributed by atoms with Gasteiger partial charge in [-0.1, -0.05) is 0 Å². The van der Waals surface area contributed by atoms with Crippen LogP contribution in [0.15, 0.2) is 23.5 Å². The number of aliphatic hydroxyl groups is 1. The number of aromatic nitrogens is 3. The number of phosphoric ester groups is 1.